The van der Waals surface area contributed by atoms with Crippen molar-refractivity contribution in [2.75, 3.05) is 39.6 Å². The lowest BCUT2D eigenvalue weighted by molar-refractivity contribution is -0.161. The van der Waals surface area contributed by atoms with Crippen LogP contribution in [-0.2, 0) is 65.4 Å². The molecular formula is C87H170O17P2. The highest BCUT2D eigenvalue weighted by Crippen LogP contribution is 2.45. The number of aliphatic hydroxyl groups is 1. The molecule has 0 spiro atoms. The number of hydrogen-bond donors (Lipinski definition) is 3. The normalized spacial score (nSPS) is 13.7. The van der Waals surface area contributed by atoms with Crippen LogP contribution in [0.5, 0.6) is 0 Å². The summed E-state index contributed by atoms with van der Waals surface area (Å²) in [6.45, 7) is 4.97. The molecule has 0 saturated carbocycles. The van der Waals surface area contributed by atoms with Crippen molar-refractivity contribution in [1.82, 2.24) is 0 Å². The molecule has 630 valence electrons. The zero-order valence-electron chi connectivity index (χ0n) is 69.4. The summed E-state index contributed by atoms with van der Waals surface area (Å²) in [4.78, 5) is 72.9. The summed E-state index contributed by atoms with van der Waals surface area (Å²) >= 11 is 0. The van der Waals surface area contributed by atoms with Crippen LogP contribution in [0.15, 0.2) is 0 Å². The molecule has 19 heteroatoms. The number of rotatable bonds is 88. The van der Waals surface area contributed by atoms with E-state index in [1.807, 2.05) is 0 Å². The first-order valence-corrected chi connectivity index (χ1v) is 48.3. The van der Waals surface area contributed by atoms with Crippen molar-refractivity contribution in [3.05, 3.63) is 0 Å². The number of esters is 4. The van der Waals surface area contributed by atoms with Crippen LogP contribution >= 0.6 is 15.6 Å². The van der Waals surface area contributed by atoms with Gasteiger partial charge in [-0.2, -0.15) is 0 Å². The maximum atomic E-state index is 13.1. The molecule has 0 heterocycles. The van der Waals surface area contributed by atoms with Crippen molar-refractivity contribution in [2.45, 2.75) is 495 Å². The molecule has 0 aliphatic heterocycles. The van der Waals surface area contributed by atoms with Crippen LogP contribution in [0.2, 0.25) is 0 Å². The molecule has 0 amide bonds. The molecule has 0 fully saturated rings. The maximum absolute atomic E-state index is 13.1. The third kappa shape index (κ3) is 80.1. The molecule has 17 nitrogen and oxygen atoms in total. The Kier molecular flexibility index (Phi) is 79.6. The molecule has 0 aromatic rings. The van der Waals surface area contributed by atoms with Gasteiger partial charge in [0.1, 0.15) is 19.3 Å². The number of aliphatic hydroxyl groups excluding tert-OH is 1. The fraction of sp³-hybridized carbons (Fsp3) is 0.954. The van der Waals surface area contributed by atoms with Crippen molar-refractivity contribution in [2.24, 2.45) is 0 Å². The summed E-state index contributed by atoms with van der Waals surface area (Å²) in [5.41, 5.74) is 0. The van der Waals surface area contributed by atoms with Crippen LogP contribution in [-0.4, -0.2) is 96.7 Å². The fourth-order valence-corrected chi connectivity index (χ4v) is 15.3. The Hall–Kier alpha value is -1.94. The third-order valence-electron chi connectivity index (χ3n) is 20.6. The Labute approximate surface area is 651 Å². The molecule has 3 N–H and O–H groups in total. The SMILES string of the molecule is CCCCCCCCCCCCCCCCCCCCCCCC(=O)OC[C@H](COP(=O)(O)OC[C@@H](O)COP(=O)(O)OC[C@@H](COC(=O)CCCCCCC)OC(=O)CCCCCCCCCCCCCCCCCCCCC)OC(=O)CCCCCCCCCCCCCCCCCCCCCCC. The van der Waals surface area contributed by atoms with Gasteiger partial charge in [0.2, 0.25) is 0 Å². The number of carbonyl (C=O) groups is 4. The second kappa shape index (κ2) is 81.1. The van der Waals surface area contributed by atoms with Crippen molar-refractivity contribution < 1.29 is 80.2 Å². The molecule has 2 unspecified atom stereocenters. The number of ether oxygens (including phenoxy) is 4. The Bertz CT molecular complexity index is 2000. The summed E-state index contributed by atoms with van der Waals surface area (Å²) in [5.74, 6) is -2.11. The molecule has 0 aromatic carbocycles. The minimum Gasteiger partial charge on any atom is -0.462 e. The highest BCUT2D eigenvalue weighted by atomic mass is 31.2. The van der Waals surface area contributed by atoms with Crippen molar-refractivity contribution >= 4 is 39.5 Å². The fourth-order valence-electron chi connectivity index (χ4n) is 13.7. The number of phosphoric acid groups is 2. The van der Waals surface area contributed by atoms with E-state index in [-0.39, 0.29) is 25.7 Å². The van der Waals surface area contributed by atoms with E-state index >= 15 is 0 Å². The first-order chi connectivity index (χ1) is 51.7. The van der Waals surface area contributed by atoms with Gasteiger partial charge < -0.3 is 33.8 Å². The standard InChI is InChI=1S/C87H170O17P2/c1-5-9-13-17-20-23-26-29-32-35-38-40-43-45-48-51-54-57-60-64-68-72-85(90)98-78-83(104-87(92)74-70-66-62-59-56-53-50-47-44-41-39-36-33-30-27-24-21-18-14-10-6-2)80-102-106(95,96)100-76-81(88)75-99-105(93,94)101-79-82(77-97-84(89)71-67-63-16-12-8-4)103-86(91)73-69-65-61-58-55-52-49-46-42-37-34-31-28-25-22-19-15-11-7-3/h81-83,88H,5-80H2,1-4H3,(H,93,94)(H,95,96)/t81-,82+,83+/m0/s1. The average molecular weight is 1550 g/mol. The van der Waals surface area contributed by atoms with Gasteiger partial charge in [0.05, 0.1) is 26.4 Å². The minimum atomic E-state index is -4.96. The van der Waals surface area contributed by atoms with Crippen molar-refractivity contribution in [3.8, 4) is 0 Å². The van der Waals surface area contributed by atoms with E-state index in [4.69, 9.17) is 37.0 Å². The third-order valence-corrected chi connectivity index (χ3v) is 22.5. The van der Waals surface area contributed by atoms with Gasteiger partial charge in [-0.15, -0.1) is 0 Å². The number of hydrogen-bond acceptors (Lipinski definition) is 15. The monoisotopic (exact) mass is 1550 g/mol. The van der Waals surface area contributed by atoms with Crippen molar-refractivity contribution in [3.63, 3.8) is 0 Å². The zero-order chi connectivity index (χ0) is 77.4. The Morgan fingerprint density at radius 1 is 0.226 bits per heavy atom. The molecule has 0 rings (SSSR count). The lowest BCUT2D eigenvalue weighted by atomic mass is 10.0. The smallest absolute Gasteiger partial charge is 0.462 e. The first kappa shape index (κ1) is 104. The van der Waals surface area contributed by atoms with E-state index < -0.39 is 97.5 Å². The minimum absolute atomic E-state index is 0.108. The lowest BCUT2D eigenvalue weighted by Gasteiger charge is -2.21. The summed E-state index contributed by atoms with van der Waals surface area (Å²) in [5, 5.41) is 10.6. The number of unbranched alkanes of at least 4 members (excludes halogenated alkanes) is 62. The summed E-state index contributed by atoms with van der Waals surface area (Å²) < 4.78 is 68.7. The Balaban J connectivity index is 5.08. The van der Waals surface area contributed by atoms with Crippen molar-refractivity contribution in [1.29, 1.82) is 0 Å². The molecule has 106 heavy (non-hydrogen) atoms. The van der Waals surface area contributed by atoms with Crippen LogP contribution in [0.4, 0.5) is 0 Å². The van der Waals surface area contributed by atoms with Gasteiger partial charge in [0.15, 0.2) is 12.2 Å². The van der Waals surface area contributed by atoms with Crippen LogP contribution in [0.25, 0.3) is 0 Å². The van der Waals surface area contributed by atoms with Gasteiger partial charge >= 0.3 is 39.5 Å². The molecule has 0 radical (unpaired) electrons. The second-order valence-corrected chi connectivity index (χ2v) is 34.2. The van der Waals surface area contributed by atoms with Gasteiger partial charge in [-0.25, -0.2) is 9.13 Å². The second-order valence-electron chi connectivity index (χ2n) is 31.3. The van der Waals surface area contributed by atoms with E-state index in [2.05, 4.69) is 27.7 Å². The predicted octanol–water partition coefficient (Wildman–Crippen LogP) is 26.9. The lowest BCUT2D eigenvalue weighted by Crippen LogP contribution is -2.30. The highest BCUT2D eigenvalue weighted by Gasteiger charge is 2.30. The van der Waals surface area contributed by atoms with Gasteiger partial charge in [-0.1, -0.05) is 426 Å². The number of phosphoric ester groups is 2. The van der Waals surface area contributed by atoms with Gasteiger partial charge in [0.25, 0.3) is 0 Å². The molecule has 0 bridgehead atoms. The quantitative estimate of drug-likeness (QED) is 0.0222. The van der Waals surface area contributed by atoms with E-state index in [1.54, 1.807) is 0 Å². The number of carbonyl (C=O) groups excluding carboxylic acids is 4. The molecule has 0 aromatic heterocycles. The summed E-state index contributed by atoms with van der Waals surface area (Å²) in [7, 11) is -9.92. The summed E-state index contributed by atoms with van der Waals surface area (Å²) in [6, 6.07) is 0. The highest BCUT2D eigenvalue weighted by molar-refractivity contribution is 7.47. The van der Waals surface area contributed by atoms with E-state index in [0.29, 0.717) is 25.7 Å². The summed E-state index contributed by atoms with van der Waals surface area (Å²) in [6.07, 6.45) is 77.1. The van der Waals surface area contributed by atoms with E-state index in [0.717, 1.165) is 96.3 Å². The molecule has 0 aliphatic rings. The van der Waals surface area contributed by atoms with Gasteiger partial charge in [-0.3, -0.25) is 37.3 Å². The van der Waals surface area contributed by atoms with Crippen LogP contribution < -0.4 is 0 Å². The van der Waals surface area contributed by atoms with E-state index in [9.17, 15) is 43.2 Å². The van der Waals surface area contributed by atoms with Crippen LogP contribution in [0.3, 0.4) is 0 Å². The topological polar surface area (TPSA) is 237 Å². The van der Waals surface area contributed by atoms with Crippen LogP contribution in [0.1, 0.15) is 477 Å². The van der Waals surface area contributed by atoms with E-state index in [1.165, 1.54) is 302 Å². The Morgan fingerprint density at radius 2 is 0.377 bits per heavy atom. The molecule has 0 aliphatic carbocycles. The Morgan fingerprint density at radius 3 is 0.557 bits per heavy atom. The molecule has 0 saturated heterocycles. The molecule has 5 atom stereocenters. The first-order valence-electron chi connectivity index (χ1n) is 45.3. The maximum Gasteiger partial charge on any atom is 0.472 e. The van der Waals surface area contributed by atoms with Gasteiger partial charge in [0, 0.05) is 25.7 Å². The average Bonchev–Trinajstić information content (AvgIpc) is 0.961. The predicted molar refractivity (Wildman–Crippen MR) is 437 cm³/mol. The molecular weight excluding hydrogens is 1380 g/mol. The zero-order valence-corrected chi connectivity index (χ0v) is 71.2. The largest absolute Gasteiger partial charge is 0.472 e. The van der Waals surface area contributed by atoms with Gasteiger partial charge in [-0.05, 0) is 25.7 Å². The van der Waals surface area contributed by atoms with Crippen LogP contribution in [0, 0.1) is 0 Å².